The molecule has 0 saturated carbocycles. The van der Waals surface area contributed by atoms with E-state index in [1.54, 1.807) is 0 Å². The molecular formula is C13H23NO. The first-order valence-electron chi connectivity index (χ1n) is 5.92. The van der Waals surface area contributed by atoms with Crippen molar-refractivity contribution in [3.8, 4) is 0 Å². The van der Waals surface area contributed by atoms with Crippen molar-refractivity contribution >= 4 is 5.91 Å². The molecule has 0 bridgehead atoms. The minimum atomic E-state index is 0.135. The van der Waals surface area contributed by atoms with Gasteiger partial charge in [-0.3, -0.25) is 4.79 Å². The maximum atomic E-state index is 11.2. The van der Waals surface area contributed by atoms with E-state index in [1.807, 2.05) is 6.92 Å². The predicted molar refractivity (Wildman–Crippen MR) is 63.3 cm³/mol. The summed E-state index contributed by atoms with van der Waals surface area (Å²) >= 11 is 0. The number of allylic oxidation sites excluding steroid dienone is 2. The maximum Gasteiger partial charge on any atom is 0.223 e. The van der Waals surface area contributed by atoms with Crippen LogP contribution < -0.4 is 5.32 Å². The number of carbonyl (C=O) groups excluding carboxylic acids is 1. The van der Waals surface area contributed by atoms with Gasteiger partial charge in [0.15, 0.2) is 0 Å². The topological polar surface area (TPSA) is 29.1 Å². The molecule has 0 aromatic heterocycles. The Kier molecular flexibility index (Phi) is 3.95. The van der Waals surface area contributed by atoms with Crippen LogP contribution in [0.3, 0.4) is 0 Å². The van der Waals surface area contributed by atoms with Crippen LogP contribution in [-0.4, -0.2) is 5.91 Å². The van der Waals surface area contributed by atoms with Crippen LogP contribution in [0.25, 0.3) is 0 Å². The highest BCUT2D eigenvalue weighted by Crippen LogP contribution is 2.36. The first-order valence-corrected chi connectivity index (χ1v) is 5.92. The lowest BCUT2D eigenvalue weighted by Crippen LogP contribution is -2.27. The van der Waals surface area contributed by atoms with Crippen LogP contribution in [0.2, 0.25) is 0 Å². The summed E-state index contributed by atoms with van der Waals surface area (Å²) in [5, 5.41) is 2.96. The molecule has 2 nitrogen and oxygen atoms in total. The van der Waals surface area contributed by atoms with Gasteiger partial charge in [0, 0.05) is 12.1 Å². The molecule has 1 amide bonds. The fourth-order valence-electron chi connectivity index (χ4n) is 2.00. The number of amides is 1. The SMILES string of the molecule is CCC(=O)NC1=CC[C@H](C(C)(C)C)CC1. The highest BCUT2D eigenvalue weighted by Gasteiger charge is 2.26. The largest absolute Gasteiger partial charge is 0.330 e. The first-order chi connectivity index (χ1) is 6.93. The lowest BCUT2D eigenvalue weighted by molar-refractivity contribution is -0.120. The van der Waals surface area contributed by atoms with Crippen molar-refractivity contribution in [1.82, 2.24) is 5.32 Å². The summed E-state index contributed by atoms with van der Waals surface area (Å²) in [6.45, 7) is 8.76. The molecule has 0 fully saturated rings. The molecule has 1 atom stereocenters. The second kappa shape index (κ2) is 4.82. The minimum Gasteiger partial charge on any atom is -0.330 e. The summed E-state index contributed by atoms with van der Waals surface area (Å²) in [5.74, 6) is 0.884. The van der Waals surface area contributed by atoms with Crippen LogP contribution in [0, 0.1) is 11.3 Å². The molecule has 1 N–H and O–H groups in total. The van der Waals surface area contributed by atoms with E-state index >= 15 is 0 Å². The molecular weight excluding hydrogens is 186 g/mol. The zero-order valence-corrected chi connectivity index (χ0v) is 10.4. The molecule has 0 radical (unpaired) electrons. The van der Waals surface area contributed by atoms with Gasteiger partial charge in [-0.2, -0.15) is 0 Å². The lowest BCUT2D eigenvalue weighted by atomic mass is 9.74. The van der Waals surface area contributed by atoms with Crippen LogP contribution in [0.5, 0.6) is 0 Å². The normalized spacial score (nSPS) is 22.1. The summed E-state index contributed by atoms with van der Waals surface area (Å²) < 4.78 is 0. The quantitative estimate of drug-likeness (QED) is 0.743. The highest BCUT2D eigenvalue weighted by molar-refractivity contribution is 5.77. The van der Waals surface area contributed by atoms with Gasteiger partial charge in [-0.15, -0.1) is 0 Å². The van der Waals surface area contributed by atoms with E-state index in [0.29, 0.717) is 11.8 Å². The molecule has 0 aromatic rings. The van der Waals surface area contributed by atoms with E-state index in [-0.39, 0.29) is 5.91 Å². The van der Waals surface area contributed by atoms with Gasteiger partial charge in [0.05, 0.1) is 0 Å². The zero-order valence-electron chi connectivity index (χ0n) is 10.4. The molecule has 15 heavy (non-hydrogen) atoms. The van der Waals surface area contributed by atoms with Gasteiger partial charge in [0.1, 0.15) is 0 Å². The van der Waals surface area contributed by atoms with Crippen molar-refractivity contribution in [2.75, 3.05) is 0 Å². The smallest absolute Gasteiger partial charge is 0.223 e. The number of hydrogen-bond acceptors (Lipinski definition) is 1. The predicted octanol–water partition coefficient (Wildman–Crippen LogP) is 3.24. The standard InChI is InChI=1S/C13H23NO/c1-5-12(15)14-11-8-6-10(7-9-11)13(2,3)4/h8,10H,5-7,9H2,1-4H3,(H,14,15)/t10-/m0/s1. The van der Waals surface area contributed by atoms with Crippen molar-refractivity contribution in [1.29, 1.82) is 0 Å². The van der Waals surface area contributed by atoms with Crippen molar-refractivity contribution < 1.29 is 4.79 Å². The Morgan fingerprint density at radius 2 is 2.20 bits per heavy atom. The highest BCUT2D eigenvalue weighted by atomic mass is 16.1. The van der Waals surface area contributed by atoms with E-state index in [0.717, 1.165) is 24.5 Å². The molecule has 0 aliphatic heterocycles. The van der Waals surface area contributed by atoms with Crippen LogP contribution in [-0.2, 0) is 4.79 Å². The lowest BCUT2D eigenvalue weighted by Gasteiger charge is -2.33. The zero-order chi connectivity index (χ0) is 11.5. The van der Waals surface area contributed by atoms with Crippen molar-refractivity contribution in [3.05, 3.63) is 11.8 Å². The van der Waals surface area contributed by atoms with Gasteiger partial charge in [0.25, 0.3) is 0 Å². The van der Waals surface area contributed by atoms with E-state index in [1.165, 1.54) is 6.42 Å². The Hall–Kier alpha value is -0.790. The Morgan fingerprint density at radius 3 is 2.60 bits per heavy atom. The van der Waals surface area contributed by atoms with E-state index in [4.69, 9.17) is 0 Å². The van der Waals surface area contributed by atoms with Gasteiger partial charge in [0.2, 0.25) is 5.91 Å². The van der Waals surface area contributed by atoms with Crippen LogP contribution >= 0.6 is 0 Å². The van der Waals surface area contributed by atoms with Crippen LogP contribution in [0.15, 0.2) is 11.8 Å². The maximum absolute atomic E-state index is 11.2. The molecule has 86 valence electrons. The number of nitrogens with one attached hydrogen (secondary N) is 1. The van der Waals surface area contributed by atoms with Crippen LogP contribution in [0.1, 0.15) is 53.4 Å². The Balaban J connectivity index is 2.49. The average molecular weight is 209 g/mol. The van der Waals surface area contributed by atoms with Crippen LogP contribution in [0.4, 0.5) is 0 Å². The molecule has 1 rings (SSSR count). The molecule has 0 spiro atoms. The number of rotatable bonds is 2. The molecule has 0 heterocycles. The third-order valence-corrected chi connectivity index (χ3v) is 3.26. The average Bonchev–Trinajstić information content (AvgIpc) is 2.17. The fraction of sp³-hybridized carbons (Fsp3) is 0.769. The molecule has 0 saturated heterocycles. The number of hydrogen-bond donors (Lipinski definition) is 1. The fourth-order valence-corrected chi connectivity index (χ4v) is 2.00. The first kappa shape index (κ1) is 12.3. The Labute approximate surface area is 93.1 Å². The molecule has 0 unspecified atom stereocenters. The van der Waals surface area contributed by atoms with E-state index in [2.05, 4.69) is 32.2 Å². The Bertz CT molecular complexity index is 260. The Morgan fingerprint density at radius 1 is 1.53 bits per heavy atom. The van der Waals surface area contributed by atoms with Crippen molar-refractivity contribution in [2.24, 2.45) is 11.3 Å². The van der Waals surface area contributed by atoms with E-state index in [9.17, 15) is 4.79 Å². The van der Waals surface area contributed by atoms with Gasteiger partial charge in [-0.05, 0) is 30.6 Å². The third kappa shape index (κ3) is 3.69. The third-order valence-electron chi connectivity index (χ3n) is 3.26. The minimum absolute atomic E-state index is 0.135. The van der Waals surface area contributed by atoms with Crippen molar-refractivity contribution in [2.45, 2.75) is 53.4 Å². The van der Waals surface area contributed by atoms with Crippen molar-refractivity contribution in [3.63, 3.8) is 0 Å². The summed E-state index contributed by atoms with van der Waals surface area (Å²) in [5.41, 5.74) is 1.51. The van der Waals surface area contributed by atoms with Gasteiger partial charge < -0.3 is 5.32 Å². The summed E-state index contributed by atoms with van der Waals surface area (Å²) in [6, 6.07) is 0. The summed E-state index contributed by atoms with van der Waals surface area (Å²) in [4.78, 5) is 11.2. The second-order valence-corrected chi connectivity index (χ2v) is 5.47. The van der Waals surface area contributed by atoms with E-state index < -0.39 is 0 Å². The molecule has 1 aliphatic rings. The molecule has 0 aromatic carbocycles. The number of carbonyl (C=O) groups is 1. The second-order valence-electron chi connectivity index (χ2n) is 5.47. The molecule has 2 heteroatoms. The monoisotopic (exact) mass is 209 g/mol. The summed E-state index contributed by atoms with van der Waals surface area (Å²) in [6.07, 6.45) is 6.09. The molecule has 1 aliphatic carbocycles. The summed E-state index contributed by atoms with van der Waals surface area (Å²) in [7, 11) is 0. The van der Waals surface area contributed by atoms with Gasteiger partial charge in [-0.25, -0.2) is 0 Å². The van der Waals surface area contributed by atoms with Gasteiger partial charge >= 0.3 is 0 Å². The van der Waals surface area contributed by atoms with Gasteiger partial charge in [-0.1, -0.05) is 33.8 Å².